The van der Waals surface area contributed by atoms with E-state index in [2.05, 4.69) is 49.7 Å². The summed E-state index contributed by atoms with van der Waals surface area (Å²) in [6.45, 7) is 9.73. The quantitative estimate of drug-likeness (QED) is 0.500. The van der Waals surface area contributed by atoms with Crippen LogP contribution in [0, 0.1) is 11.3 Å². The molecule has 1 aromatic heterocycles. The molecule has 0 saturated heterocycles. The third-order valence-corrected chi connectivity index (χ3v) is 8.15. The molecule has 27 heavy (non-hydrogen) atoms. The van der Waals surface area contributed by atoms with Gasteiger partial charge in [0.1, 0.15) is 10.2 Å². The number of methoxy groups -OCH3 is 2. The molecule has 0 radical (unpaired) electrons. The van der Waals surface area contributed by atoms with E-state index >= 15 is 0 Å². The molecular formula is C23H31BrO3. The molecule has 2 aliphatic carbocycles. The van der Waals surface area contributed by atoms with Gasteiger partial charge in [-0.3, -0.25) is 0 Å². The Bertz CT molecular complexity index is 882. The Balaban J connectivity index is 2.06. The average molecular weight is 435 g/mol. The van der Waals surface area contributed by atoms with E-state index < -0.39 is 0 Å². The Labute approximate surface area is 170 Å². The molecule has 148 valence electrons. The molecule has 0 amide bonds. The summed E-state index contributed by atoms with van der Waals surface area (Å²) in [5, 5.41) is 1.19. The zero-order chi connectivity index (χ0) is 19.6. The first-order chi connectivity index (χ1) is 12.7. The second kappa shape index (κ2) is 6.43. The van der Waals surface area contributed by atoms with Crippen molar-refractivity contribution in [3.8, 4) is 11.5 Å². The molecule has 2 aromatic rings. The normalized spacial score (nSPS) is 29.7. The Morgan fingerprint density at radius 1 is 1.11 bits per heavy atom. The van der Waals surface area contributed by atoms with E-state index in [1.165, 1.54) is 48.8 Å². The molecule has 0 spiro atoms. The number of rotatable bonds is 2. The van der Waals surface area contributed by atoms with Crippen molar-refractivity contribution in [1.29, 1.82) is 0 Å². The van der Waals surface area contributed by atoms with Gasteiger partial charge in [-0.25, -0.2) is 0 Å². The lowest BCUT2D eigenvalue weighted by Crippen LogP contribution is -2.44. The lowest BCUT2D eigenvalue weighted by molar-refractivity contribution is 0.0504. The van der Waals surface area contributed by atoms with Gasteiger partial charge in [0.2, 0.25) is 0 Å². The summed E-state index contributed by atoms with van der Waals surface area (Å²) in [6, 6.07) is 2.13. The summed E-state index contributed by atoms with van der Waals surface area (Å²) in [5.74, 6) is 3.72. The van der Waals surface area contributed by atoms with Crippen molar-refractivity contribution in [1.82, 2.24) is 0 Å². The molecular weight excluding hydrogens is 404 g/mol. The van der Waals surface area contributed by atoms with Gasteiger partial charge in [0.25, 0.3) is 0 Å². The van der Waals surface area contributed by atoms with Crippen LogP contribution >= 0.6 is 15.9 Å². The van der Waals surface area contributed by atoms with Crippen LogP contribution in [0.4, 0.5) is 0 Å². The molecule has 1 heterocycles. The molecule has 1 fully saturated rings. The van der Waals surface area contributed by atoms with E-state index in [1.807, 2.05) is 0 Å². The number of fused-ring (bicyclic) bond motifs is 5. The molecule has 2 aliphatic rings. The summed E-state index contributed by atoms with van der Waals surface area (Å²) in [5.41, 5.74) is 2.80. The topological polar surface area (TPSA) is 31.6 Å². The van der Waals surface area contributed by atoms with Crippen LogP contribution in [0.15, 0.2) is 15.0 Å². The Hall–Kier alpha value is -1.16. The van der Waals surface area contributed by atoms with Gasteiger partial charge in [-0.05, 0) is 64.4 Å². The van der Waals surface area contributed by atoms with E-state index in [0.29, 0.717) is 23.0 Å². The molecule has 3 nitrogen and oxygen atoms in total. The summed E-state index contributed by atoms with van der Waals surface area (Å²) in [6.07, 6.45) is 6.26. The van der Waals surface area contributed by atoms with Crippen molar-refractivity contribution in [3.05, 3.63) is 21.9 Å². The van der Waals surface area contributed by atoms with Gasteiger partial charge in [-0.1, -0.05) is 34.1 Å². The van der Waals surface area contributed by atoms with Crippen molar-refractivity contribution < 1.29 is 13.9 Å². The molecule has 0 aliphatic heterocycles. The Morgan fingerprint density at radius 2 is 1.85 bits per heavy atom. The monoisotopic (exact) mass is 434 g/mol. The molecule has 1 aromatic carbocycles. The van der Waals surface area contributed by atoms with Crippen molar-refractivity contribution in [2.75, 3.05) is 14.2 Å². The van der Waals surface area contributed by atoms with Crippen molar-refractivity contribution in [2.24, 2.45) is 11.3 Å². The predicted octanol–water partition coefficient (Wildman–Crippen LogP) is 7.19. The van der Waals surface area contributed by atoms with E-state index in [-0.39, 0.29) is 5.41 Å². The van der Waals surface area contributed by atoms with E-state index in [9.17, 15) is 0 Å². The van der Waals surface area contributed by atoms with Crippen LogP contribution in [-0.2, 0) is 5.41 Å². The lowest BCUT2D eigenvalue weighted by atomic mass is 9.53. The zero-order valence-corrected chi connectivity index (χ0v) is 19.0. The second-order valence-corrected chi connectivity index (χ2v) is 10.2. The summed E-state index contributed by atoms with van der Waals surface area (Å²) < 4.78 is 18.7. The Kier molecular flexibility index (Phi) is 4.57. The van der Waals surface area contributed by atoms with Crippen LogP contribution in [0.5, 0.6) is 11.5 Å². The van der Waals surface area contributed by atoms with Crippen molar-refractivity contribution in [2.45, 2.75) is 71.1 Å². The fourth-order valence-corrected chi connectivity index (χ4v) is 6.78. The first-order valence-electron chi connectivity index (χ1n) is 10.1. The van der Waals surface area contributed by atoms with Crippen LogP contribution in [-0.4, -0.2) is 14.2 Å². The maximum absolute atomic E-state index is 6.56. The minimum absolute atomic E-state index is 0.131. The highest BCUT2D eigenvalue weighted by molar-refractivity contribution is 9.10. The third kappa shape index (κ3) is 2.66. The lowest BCUT2D eigenvalue weighted by Gasteiger charge is -2.50. The van der Waals surface area contributed by atoms with Crippen LogP contribution in [0.3, 0.4) is 0 Å². The molecule has 3 atom stereocenters. The largest absolute Gasteiger partial charge is 0.493 e. The molecule has 4 rings (SSSR count). The summed E-state index contributed by atoms with van der Waals surface area (Å²) in [7, 11) is 3.37. The number of ether oxygens (including phenoxy) is 2. The van der Waals surface area contributed by atoms with Crippen LogP contribution in [0.2, 0.25) is 0 Å². The molecule has 1 unspecified atom stereocenters. The highest BCUT2D eigenvalue weighted by Crippen LogP contribution is 2.60. The SMILES string of the molecule is COc1cc2c3c(oc2c(Br)c1OC)C(C)CC[C@H]1C(C)(C)CCC[C@]31C. The fourth-order valence-electron chi connectivity index (χ4n) is 6.13. The number of halogens is 1. The predicted molar refractivity (Wildman–Crippen MR) is 113 cm³/mol. The summed E-state index contributed by atoms with van der Waals surface area (Å²) in [4.78, 5) is 0. The van der Waals surface area contributed by atoms with Gasteiger partial charge in [0.05, 0.1) is 14.2 Å². The first kappa shape index (κ1) is 19.2. The smallest absolute Gasteiger partial charge is 0.178 e. The maximum atomic E-state index is 6.56. The van der Waals surface area contributed by atoms with Crippen LogP contribution < -0.4 is 9.47 Å². The van der Waals surface area contributed by atoms with Crippen molar-refractivity contribution >= 4 is 26.9 Å². The van der Waals surface area contributed by atoms with Gasteiger partial charge in [0.15, 0.2) is 17.1 Å². The molecule has 4 heteroatoms. The Morgan fingerprint density at radius 3 is 2.52 bits per heavy atom. The highest BCUT2D eigenvalue weighted by atomic mass is 79.9. The molecule has 0 N–H and O–H groups in total. The zero-order valence-electron chi connectivity index (χ0n) is 17.4. The van der Waals surface area contributed by atoms with Crippen LogP contribution in [0.1, 0.15) is 77.0 Å². The van der Waals surface area contributed by atoms with Gasteiger partial charge >= 0.3 is 0 Å². The van der Waals surface area contributed by atoms with Gasteiger partial charge in [-0.15, -0.1) is 0 Å². The maximum Gasteiger partial charge on any atom is 0.178 e. The van der Waals surface area contributed by atoms with E-state index in [4.69, 9.17) is 13.9 Å². The third-order valence-electron chi connectivity index (χ3n) is 7.43. The average Bonchev–Trinajstić information content (AvgIpc) is 2.96. The minimum atomic E-state index is 0.131. The molecule has 1 saturated carbocycles. The van der Waals surface area contributed by atoms with E-state index in [0.717, 1.165) is 15.8 Å². The first-order valence-corrected chi connectivity index (χ1v) is 10.9. The minimum Gasteiger partial charge on any atom is -0.493 e. The summed E-state index contributed by atoms with van der Waals surface area (Å²) >= 11 is 3.73. The van der Waals surface area contributed by atoms with Gasteiger partial charge < -0.3 is 13.9 Å². The van der Waals surface area contributed by atoms with Crippen LogP contribution in [0.25, 0.3) is 11.0 Å². The second-order valence-electron chi connectivity index (χ2n) is 9.43. The fraction of sp³-hybridized carbons (Fsp3) is 0.652. The standard InChI is InChI=1S/C23H31BrO3/c1-13-8-9-16-22(2,3)10-7-11-23(16,4)17-14-12-15(25-5)21(26-6)18(24)20(14)27-19(13)17/h12-13,16H,7-11H2,1-6H3/t13?,16-,23-/m0/s1. The van der Waals surface area contributed by atoms with Gasteiger partial charge in [0, 0.05) is 16.9 Å². The molecule has 0 bridgehead atoms. The number of hydrogen-bond acceptors (Lipinski definition) is 3. The number of furan rings is 1. The van der Waals surface area contributed by atoms with Gasteiger partial charge in [-0.2, -0.15) is 0 Å². The number of hydrogen-bond donors (Lipinski definition) is 0. The van der Waals surface area contributed by atoms with E-state index in [1.54, 1.807) is 14.2 Å². The van der Waals surface area contributed by atoms with Crippen molar-refractivity contribution in [3.63, 3.8) is 0 Å². The highest BCUT2D eigenvalue weighted by Gasteiger charge is 2.51. The number of benzene rings is 1.